The largest absolute Gasteiger partial charge is 0.373 e. The molecule has 6 nitrogen and oxygen atoms in total. The number of halogens is 1. The van der Waals surface area contributed by atoms with Crippen molar-refractivity contribution in [3.05, 3.63) is 58.6 Å². The summed E-state index contributed by atoms with van der Waals surface area (Å²) < 4.78 is 33.0. The lowest BCUT2D eigenvalue weighted by molar-refractivity contribution is -0.0440. The van der Waals surface area contributed by atoms with Gasteiger partial charge in [0.2, 0.25) is 10.0 Å². The fraction of sp³-hybridized carbons (Fsp3) is 0.350. The van der Waals surface area contributed by atoms with Gasteiger partial charge >= 0.3 is 0 Å². The number of hydrogen-bond donors (Lipinski definition) is 1. The number of nitrogens with one attached hydrogen (secondary N) is 1. The first-order chi connectivity index (χ1) is 13.2. The maximum atomic E-state index is 13.0. The van der Waals surface area contributed by atoms with Crippen LogP contribution < -0.4 is 5.32 Å². The molecule has 0 aliphatic carbocycles. The summed E-state index contributed by atoms with van der Waals surface area (Å²) in [6, 6.07) is 11.2. The van der Waals surface area contributed by atoms with Crippen molar-refractivity contribution in [1.29, 1.82) is 0 Å². The minimum Gasteiger partial charge on any atom is -0.373 e. The van der Waals surface area contributed by atoms with Crippen molar-refractivity contribution in [2.24, 2.45) is 0 Å². The van der Waals surface area contributed by atoms with Crippen molar-refractivity contribution in [3.63, 3.8) is 0 Å². The van der Waals surface area contributed by atoms with Crippen LogP contribution in [0.3, 0.4) is 0 Å². The van der Waals surface area contributed by atoms with Crippen LogP contribution in [0.5, 0.6) is 0 Å². The first kappa shape index (κ1) is 20.8. The van der Waals surface area contributed by atoms with Crippen LogP contribution in [0.15, 0.2) is 47.4 Å². The van der Waals surface area contributed by atoms with Crippen molar-refractivity contribution in [2.45, 2.75) is 37.9 Å². The molecule has 2 atom stereocenters. The lowest BCUT2D eigenvalue weighted by Crippen LogP contribution is -2.48. The predicted molar refractivity (Wildman–Crippen MR) is 109 cm³/mol. The van der Waals surface area contributed by atoms with Gasteiger partial charge in [0.25, 0.3) is 5.91 Å². The van der Waals surface area contributed by atoms with Crippen LogP contribution in [0.2, 0.25) is 5.02 Å². The molecule has 1 fully saturated rings. The summed E-state index contributed by atoms with van der Waals surface area (Å²) in [4.78, 5) is 12.7. The maximum Gasteiger partial charge on any atom is 0.255 e. The van der Waals surface area contributed by atoms with Gasteiger partial charge < -0.3 is 10.1 Å². The molecule has 28 heavy (non-hydrogen) atoms. The number of hydrogen-bond acceptors (Lipinski definition) is 4. The van der Waals surface area contributed by atoms with E-state index in [-0.39, 0.29) is 35.8 Å². The van der Waals surface area contributed by atoms with Crippen molar-refractivity contribution in [2.75, 3.05) is 18.4 Å². The third kappa shape index (κ3) is 4.55. The fourth-order valence-corrected chi connectivity index (χ4v) is 4.97. The van der Waals surface area contributed by atoms with Gasteiger partial charge in [0, 0.05) is 29.4 Å². The number of aryl methyl sites for hydroxylation is 1. The van der Waals surface area contributed by atoms with Crippen LogP contribution in [0.25, 0.3) is 0 Å². The smallest absolute Gasteiger partial charge is 0.255 e. The minimum absolute atomic E-state index is 0.0865. The average Bonchev–Trinajstić information content (AvgIpc) is 2.64. The molecule has 1 heterocycles. The molecular formula is C20H23ClN2O4S. The maximum absolute atomic E-state index is 13.0. The molecule has 3 rings (SSSR count). The third-order valence-corrected chi connectivity index (χ3v) is 6.78. The molecule has 0 saturated carbocycles. The topological polar surface area (TPSA) is 75.7 Å². The van der Waals surface area contributed by atoms with Crippen LogP contribution in [0.1, 0.15) is 29.8 Å². The molecule has 1 saturated heterocycles. The number of carbonyl (C=O) groups excluding carboxylic acids is 1. The molecule has 0 spiro atoms. The number of amides is 1. The Balaban J connectivity index is 1.83. The quantitative estimate of drug-likeness (QED) is 0.815. The number of sulfonamides is 1. The average molecular weight is 423 g/mol. The third-order valence-electron chi connectivity index (χ3n) is 4.55. The highest BCUT2D eigenvalue weighted by Crippen LogP contribution is 2.23. The summed E-state index contributed by atoms with van der Waals surface area (Å²) >= 11 is 6.09. The second-order valence-electron chi connectivity index (χ2n) is 7.03. The molecule has 1 aliphatic rings. The minimum atomic E-state index is -3.72. The summed E-state index contributed by atoms with van der Waals surface area (Å²) in [6.07, 6.45) is -0.368. The zero-order valence-corrected chi connectivity index (χ0v) is 17.5. The van der Waals surface area contributed by atoms with E-state index in [9.17, 15) is 13.2 Å². The molecule has 1 aliphatic heterocycles. The Kier molecular flexibility index (Phi) is 6.09. The number of nitrogens with zero attached hydrogens (tertiary/aromatic N) is 1. The van der Waals surface area contributed by atoms with Gasteiger partial charge in [-0.25, -0.2) is 8.42 Å². The predicted octanol–water partition coefficient (Wildman–Crippen LogP) is 3.70. The number of carbonyl (C=O) groups is 1. The van der Waals surface area contributed by atoms with Crippen molar-refractivity contribution >= 4 is 33.2 Å². The van der Waals surface area contributed by atoms with E-state index in [0.717, 1.165) is 5.56 Å². The molecule has 1 N–H and O–H groups in total. The monoisotopic (exact) mass is 422 g/mol. The number of ether oxygens (including phenoxy) is 1. The van der Waals surface area contributed by atoms with Crippen LogP contribution >= 0.6 is 11.6 Å². The SMILES string of the molecule is Cc1ccc(NC(=O)c2cccc(S(=O)(=O)N3C[C@@H](C)O[C@@H](C)C3)c2)cc1Cl. The summed E-state index contributed by atoms with van der Waals surface area (Å²) in [7, 11) is -3.72. The van der Waals surface area contributed by atoms with E-state index >= 15 is 0 Å². The molecule has 2 aromatic carbocycles. The van der Waals surface area contributed by atoms with Gasteiger partial charge in [-0.15, -0.1) is 0 Å². The van der Waals surface area contributed by atoms with E-state index in [4.69, 9.17) is 16.3 Å². The van der Waals surface area contributed by atoms with Crippen molar-refractivity contribution < 1.29 is 17.9 Å². The van der Waals surface area contributed by atoms with E-state index in [0.29, 0.717) is 10.7 Å². The molecule has 0 unspecified atom stereocenters. The highest BCUT2D eigenvalue weighted by molar-refractivity contribution is 7.89. The summed E-state index contributed by atoms with van der Waals surface area (Å²) in [5.41, 5.74) is 1.71. The Morgan fingerprint density at radius 3 is 2.46 bits per heavy atom. The molecule has 1 amide bonds. The normalized spacial score (nSPS) is 20.7. The lowest BCUT2D eigenvalue weighted by atomic mass is 10.2. The molecule has 0 aromatic heterocycles. The standard InChI is InChI=1S/C20H23ClN2O4S/c1-13-7-8-17(10-19(13)21)22-20(24)16-5-4-6-18(9-16)28(25,26)23-11-14(2)27-15(3)12-23/h4-10,14-15H,11-12H2,1-3H3,(H,22,24)/t14-,15+. The fourth-order valence-electron chi connectivity index (χ4n) is 3.15. The molecule has 150 valence electrons. The zero-order chi connectivity index (χ0) is 20.5. The van der Waals surface area contributed by atoms with Gasteiger partial charge in [-0.1, -0.05) is 23.7 Å². The summed E-state index contributed by atoms with van der Waals surface area (Å²) in [6.45, 7) is 6.12. The van der Waals surface area contributed by atoms with Gasteiger partial charge in [0.15, 0.2) is 0 Å². The van der Waals surface area contributed by atoms with E-state index in [2.05, 4.69) is 5.32 Å². The van der Waals surface area contributed by atoms with E-state index in [1.165, 1.54) is 16.4 Å². The van der Waals surface area contributed by atoms with Gasteiger partial charge in [0.1, 0.15) is 0 Å². The zero-order valence-electron chi connectivity index (χ0n) is 16.0. The van der Waals surface area contributed by atoms with Crippen LogP contribution in [0, 0.1) is 6.92 Å². The summed E-state index contributed by atoms with van der Waals surface area (Å²) in [5.74, 6) is -0.402. The summed E-state index contributed by atoms with van der Waals surface area (Å²) in [5, 5.41) is 3.29. The highest BCUT2D eigenvalue weighted by atomic mass is 35.5. The van der Waals surface area contributed by atoms with Crippen LogP contribution in [-0.4, -0.2) is 43.9 Å². The number of anilines is 1. The number of benzene rings is 2. The second kappa shape index (κ2) is 8.21. The van der Waals surface area contributed by atoms with Gasteiger partial charge in [-0.2, -0.15) is 4.31 Å². The lowest BCUT2D eigenvalue weighted by Gasteiger charge is -2.34. The Bertz CT molecular complexity index is 983. The van der Waals surface area contributed by atoms with Crippen LogP contribution in [-0.2, 0) is 14.8 Å². The van der Waals surface area contributed by atoms with Gasteiger partial charge in [0.05, 0.1) is 17.1 Å². The first-order valence-electron chi connectivity index (χ1n) is 9.00. The molecule has 0 bridgehead atoms. The Morgan fingerprint density at radius 2 is 1.82 bits per heavy atom. The van der Waals surface area contributed by atoms with Gasteiger partial charge in [-0.3, -0.25) is 4.79 Å². The van der Waals surface area contributed by atoms with E-state index in [1.807, 2.05) is 20.8 Å². The Hall–Kier alpha value is -1.93. The molecule has 8 heteroatoms. The van der Waals surface area contributed by atoms with E-state index in [1.54, 1.807) is 30.3 Å². The Labute approximate surface area is 170 Å². The number of rotatable bonds is 4. The van der Waals surface area contributed by atoms with E-state index < -0.39 is 15.9 Å². The number of morpholine rings is 1. The van der Waals surface area contributed by atoms with Crippen molar-refractivity contribution in [1.82, 2.24) is 4.31 Å². The second-order valence-corrected chi connectivity index (χ2v) is 9.37. The van der Waals surface area contributed by atoms with Gasteiger partial charge in [-0.05, 0) is 56.7 Å². The molecule has 0 radical (unpaired) electrons. The Morgan fingerprint density at radius 1 is 1.14 bits per heavy atom. The van der Waals surface area contributed by atoms with Crippen LogP contribution in [0.4, 0.5) is 5.69 Å². The molecular weight excluding hydrogens is 400 g/mol. The molecule has 2 aromatic rings. The first-order valence-corrected chi connectivity index (χ1v) is 10.8. The van der Waals surface area contributed by atoms with Crippen molar-refractivity contribution in [3.8, 4) is 0 Å². The highest BCUT2D eigenvalue weighted by Gasteiger charge is 2.32.